The standard InChI is InChI=1S/C18H29NO5.C6H13NO4/c1-2-3-4-9-24-14-7-5-13(6-8-14)10-19-11-16(21)18(23)17(22)15(19)12-20;8-2-3-5(10)6(11)4(9)1-7-3/h5-8,15-18,20-23H,2-4,9-12H2,1H3;3-11H,1-2H2/t15-,16+,17-,18-;3-,4+,5-,6-/m11/s1. The van der Waals surface area contributed by atoms with Crippen molar-refractivity contribution in [3.05, 3.63) is 29.8 Å². The molecular weight excluding hydrogens is 460 g/mol. The lowest BCUT2D eigenvalue weighted by Gasteiger charge is -2.43. The van der Waals surface area contributed by atoms with Crippen LogP contribution in [0.25, 0.3) is 0 Å². The molecule has 202 valence electrons. The molecular formula is C24H42N2O9. The molecule has 2 heterocycles. The van der Waals surface area contributed by atoms with Gasteiger partial charge in [0.2, 0.25) is 0 Å². The molecule has 0 aliphatic carbocycles. The lowest BCUT2D eigenvalue weighted by atomic mass is 9.94. The maximum Gasteiger partial charge on any atom is 0.119 e. The van der Waals surface area contributed by atoms with E-state index in [-0.39, 0.29) is 26.3 Å². The summed E-state index contributed by atoms with van der Waals surface area (Å²) in [6, 6.07) is 6.56. The monoisotopic (exact) mass is 502 g/mol. The van der Waals surface area contributed by atoms with Gasteiger partial charge in [0.05, 0.1) is 50.2 Å². The van der Waals surface area contributed by atoms with Crippen LogP contribution in [0.1, 0.15) is 31.7 Å². The molecule has 2 aliphatic rings. The Kier molecular flexibility index (Phi) is 12.8. The zero-order valence-corrected chi connectivity index (χ0v) is 20.2. The summed E-state index contributed by atoms with van der Waals surface area (Å²) in [4.78, 5) is 1.79. The number of ether oxygens (including phenoxy) is 1. The van der Waals surface area contributed by atoms with Crippen LogP contribution < -0.4 is 10.1 Å². The van der Waals surface area contributed by atoms with Crippen LogP contribution in [-0.2, 0) is 6.54 Å². The zero-order valence-electron chi connectivity index (χ0n) is 20.2. The summed E-state index contributed by atoms with van der Waals surface area (Å²) in [6.07, 6.45) is -3.25. The number of nitrogens with zero attached hydrogens (tertiary/aromatic N) is 1. The zero-order chi connectivity index (χ0) is 26.0. The third kappa shape index (κ3) is 8.60. The van der Waals surface area contributed by atoms with E-state index in [4.69, 9.17) is 20.1 Å². The van der Waals surface area contributed by atoms with Crippen molar-refractivity contribution < 1.29 is 45.6 Å². The Morgan fingerprint density at radius 1 is 0.857 bits per heavy atom. The molecule has 0 unspecified atom stereocenters. The summed E-state index contributed by atoms with van der Waals surface area (Å²) in [5, 5.41) is 77.7. The van der Waals surface area contributed by atoms with Crippen molar-refractivity contribution in [1.82, 2.24) is 10.2 Å². The van der Waals surface area contributed by atoms with E-state index in [0.29, 0.717) is 13.2 Å². The predicted octanol–water partition coefficient (Wildman–Crippen LogP) is -2.45. The van der Waals surface area contributed by atoms with Crippen LogP contribution >= 0.6 is 0 Å². The van der Waals surface area contributed by atoms with Crippen molar-refractivity contribution >= 4 is 0 Å². The first kappa shape index (κ1) is 29.8. The summed E-state index contributed by atoms with van der Waals surface area (Å²) in [5.74, 6) is 0.822. The SMILES string of the molecule is CCCCCOc1ccc(CN2C[C@H](O)[C@@H](O)[C@H](O)[C@H]2CO)cc1.OC[C@H]1NC[C@H](O)[C@@H](O)[C@@H]1O. The van der Waals surface area contributed by atoms with E-state index < -0.39 is 48.7 Å². The van der Waals surface area contributed by atoms with Crippen LogP contribution in [0.5, 0.6) is 5.75 Å². The number of piperidine rings is 2. The first-order valence-corrected chi connectivity index (χ1v) is 12.2. The highest BCUT2D eigenvalue weighted by Crippen LogP contribution is 2.22. The highest BCUT2D eigenvalue weighted by Gasteiger charge is 2.40. The Morgan fingerprint density at radius 3 is 2.11 bits per heavy atom. The molecule has 0 radical (unpaired) electrons. The maximum absolute atomic E-state index is 10.0. The average molecular weight is 503 g/mol. The second-order valence-electron chi connectivity index (χ2n) is 9.17. The van der Waals surface area contributed by atoms with Gasteiger partial charge < -0.3 is 50.9 Å². The van der Waals surface area contributed by atoms with Gasteiger partial charge in [0.15, 0.2) is 0 Å². The van der Waals surface area contributed by atoms with E-state index in [2.05, 4.69) is 12.2 Å². The van der Waals surface area contributed by atoms with Crippen molar-refractivity contribution in [1.29, 1.82) is 0 Å². The third-order valence-corrected chi connectivity index (χ3v) is 6.48. The van der Waals surface area contributed by atoms with E-state index in [9.17, 15) is 25.5 Å². The van der Waals surface area contributed by atoms with E-state index in [1.807, 2.05) is 24.3 Å². The molecule has 9 N–H and O–H groups in total. The highest BCUT2D eigenvalue weighted by molar-refractivity contribution is 5.27. The van der Waals surface area contributed by atoms with Gasteiger partial charge >= 0.3 is 0 Å². The van der Waals surface area contributed by atoms with E-state index in [1.54, 1.807) is 4.90 Å². The van der Waals surface area contributed by atoms with Crippen LogP contribution in [0.2, 0.25) is 0 Å². The summed E-state index contributed by atoms with van der Waals surface area (Å²) in [7, 11) is 0. The first-order chi connectivity index (χ1) is 16.7. The molecule has 8 atom stereocenters. The molecule has 3 rings (SSSR count). The molecule has 0 aromatic heterocycles. The number of hydrogen-bond acceptors (Lipinski definition) is 11. The molecule has 35 heavy (non-hydrogen) atoms. The van der Waals surface area contributed by atoms with Crippen LogP contribution in [-0.4, -0.2) is 127 Å². The number of likely N-dealkylation sites (tertiary alicyclic amines) is 1. The van der Waals surface area contributed by atoms with Crippen molar-refractivity contribution in [3.8, 4) is 5.75 Å². The largest absolute Gasteiger partial charge is 0.494 e. The minimum absolute atomic E-state index is 0.198. The molecule has 11 heteroatoms. The molecule has 1 aromatic carbocycles. The van der Waals surface area contributed by atoms with Crippen molar-refractivity contribution in [2.45, 2.75) is 81.4 Å². The Hall–Kier alpha value is -1.38. The van der Waals surface area contributed by atoms with Crippen LogP contribution in [0, 0.1) is 0 Å². The number of aliphatic hydroxyl groups excluding tert-OH is 8. The van der Waals surface area contributed by atoms with Crippen LogP contribution in [0.3, 0.4) is 0 Å². The number of rotatable bonds is 9. The molecule has 2 aliphatic heterocycles. The van der Waals surface area contributed by atoms with Crippen LogP contribution in [0.15, 0.2) is 24.3 Å². The Morgan fingerprint density at radius 2 is 1.51 bits per heavy atom. The lowest BCUT2D eigenvalue weighted by molar-refractivity contribution is -0.147. The Labute approximate surface area is 206 Å². The molecule has 1 aromatic rings. The molecule has 0 spiro atoms. The van der Waals surface area contributed by atoms with Gasteiger partial charge in [0.1, 0.15) is 24.1 Å². The summed E-state index contributed by atoms with van der Waals surface area (Å²) in [6.45, 7) is 3.23. The number of β-amino-alcohol motifs (C(OH)–C–C–N with tert-alkyl or cyclic N) is 2. The maximum atomic E-state index is 10.0. The second kappa shape index (κ2) is 15.0. The average Bonchev–Trinajstić information content (AvgIpc) is 2.85. The van der Waals surface area contributed by atoms with E-state index >= 15 is 0 Å². The fraction of sp³-hybridized carbons (Fsp3) is 0.750. The lowest BCUT2D eigenvalue weighted by Crippen LogP contribution is -2.62. The Bertz CT molecular complexity index is 709. The normalized spacial score (nSPS) is 33.6. The fourth-order valence-corrected chi connectivity index (χ4v) is 4.18. The van der Waals surface area contributed by atoms with E-state index in [1.165, 1.54) is 0 Å². The topological polar surface area (TPSA) is 186 Å². The smallest absolute Gasteiger partial charge is 0.119 e. The number of hydrogen-bond donors (Lipinski definition) is 9. The van der Waals surface area contributed by atoms with Gasteiger partial charge in [-0.2, -0.15) is 0 Å². The summed E-state index contributed by atoms with van der Waals surface area (Å²) in [5.41, 5.74) is 0.991. The number of benzene rings is 1. The number of aliphatic hydroxyl groups is 8. The first-order valence-electron chi connectivity index (χ1n) is 12.2. The quantitative estimate of drug-likeness (QED) is 0.163. The van der Waals surface area contributed by atoms with Gasteiger partial charge in [-0.15, -0.1) is 0 Å². The summed E-state index contributed by atoms with van der Waals surface area (Å²) < 4.78 is 5.68. The summed E-state index contributed by atoms with van der Waals surface area (Å²) >= 11 is 0. The van der Waals surface area contributed by atoms with Crippen LogP contribution in [0.4, 0.5) is 0 Å². The predicted molar refractivity (Wildman–Crippen MR) is 128 cm³/mol. The third-order valence-electron chi connectivity index (χ3n) is 6.48. The van der Waals surface area contributed by atoms with Gasteiger partial charge in [-0.25, -0.2) is 0 Å². The molecule has 2 fully saturated rings. The molecule has 0 bridgehead atoms. The van der Waals surface area contributed by atoms with E-state index in [0.717, 1.165) is 30.6 Å². The second-order valence-corrected chi connectivity index (χ2v) is 9.17. The minimum atomic E-state index is -1.22. The highest BCUT2D eigenvalue weighted by atomic mass is 16.5. The molecule has 2 saturated heterocycles. The van der Waals surface area contributed by atoms with Crippen molar-refractivity contribution in [3.63, 3.8) is 0 Å². The Balaban J connectivity index is 0.000000328. The van der Waals surface area contributed by atoms with Gasteiger partial charge in [-0.05, 0) is 24.1 Å². The van der Waals surface area contributed by atoms with Gasteiger partial charge in [-0.3, -0.25) is 4.90 Å². The molecule has 0 amide bonds. The van der Waals surface area contributed by atoms with Gasteiger partial charge in [0, 0.05) is 19.6 Å². The fourth-order valence-electron chi connectivity index (χ4n) is 4.18. The molecule has 0 saturated carbocycles. The molecule has 11 nitrogen and oxygen atoms in total. The minimum Gasteiger partial charge on any atom is -0.494 e. The van der Waals surface area contributed by atoms with Gasteiger partial charge in [-0.1, -0.05) is 31.9 Å². The number of nitrogens with one attached hydrogen (secondary N) is 1. The number of unbranched alkanes of at least 4 members (excludes halogenated alkanes) is 2. The van der Waals surface area contributed by atoms with Crippen molar-refractivity contribution in [2.24, 2.45) is 0 Å². The van der Waals surface area contributed by atoms with Gasteiger partial charge in [0.25, 0.3) is 0 Å². The van der Waals surface area contributed by atoms with Crippen molar-refractivity contribution in [2.75, 3.05) is 32.9 Å².